The quantitative estimate of drug-likeness (QED) is 0.928. The van der Waals surface area contributed by atoms with Crippen molar-refractivity contribution in [2.24, 2.45) is 11.7 Å². The van der Waals surface area contributed by atoms with Gasteiger partial charge in [0.2, 0.25) is 0 Å². The Kier molecular flexibility index (Phi) is 4.60. The predicted molar refractivity (Wildman–Crippen MR) is 85.8 cm³/mol. The van der Waals surface area contributed by atoms with Gasteiger partial charge in [0.15, 0.2) is 0 Å². The molecule has 20 heavy (non-hydrogen) atoms. The maximum Gasteiger partial charge on any atom is 0.129 e. The molecule has 1 aromatic rings. The number of ether oxygens (including phenoxy) is 2. The van der Waals surface area contributed by atoms with Crippen LogP contribution in [0, 0.1) is 5.92 Å². The van der Waals surface area contributed by atoms with Gasteiger partial charge in [-0.15, -0.1) is 11.3 Å². The van der Waals surface area contributed by atoms with Gasteiger partial charge in [-0.25, -0.2) is 0 Å². The Morgan fingerprint density at radius 2 is 2.25 bits per heavy atom. The van der Waals surface area contributed by atoms with Gasteiger partial charge in [-0.2, -0.15) is 11.8 Å². The van der Waals surface area contributed by atoms with Crippen molar-refractivity contribution < 1.29 is 9.47 Å². The molecule has 0 radical (unpaired) electrons. The van der Waals surface area contributed by atoms with Crippen molar-refractivity contribution in [1.29, 1.82) is 0 Å². The first-order valence-electron chi connectivity index (χ1n) is 7.32. The molecule has 2 atom stereocenters. The number of methoxy groups -OCH3 is 1. The molecule has 0 aliphatic carbocycles. The average Bonchev–Trinajstić information content (AvgIpc) is 2.96. The molecule has 0 bridgehead atoms. The number of rotatable bonds is 3. The van der Waals surface area contributed by atoms with Crippen LogP contribution in [-0.4, -0.2) is 30.8 Å². The van der Waals surface area contributed by atoms with Crippen molar-refractivity contribution in [3.8, 4) is 5.75 Å². The summed E-state index contributed by atoms with van der Waals surface area (Å²) in [6.45, 7) is 0.867. The Morgan fingerprint density at radius 3 is 2.95 bits per heavy atom. The summed E-state index contributed by atoms with van der Waals surface area (Å²) in [5.41, 5.74) is 6.64. The predicted octanol–water partition coefficient (Wildman–Crippen LogP) is 3.45. The summed E-state index contributed by atoms with van der Waals surface area (Å²) >= 11 is 3.77. The highest BCUT2D eigenvalue weighted by atomic mass is 32.2. The summed E-state index contributed by atoms with van der Waals surface area (Å²) in [5.74, 6) is 3.93. The highest BCUT2D eigenvalue weighted by Gasteiger charge is 2.40. The fourth-order valence-corrected chi connectivity index (χ4v) is 5.50. The maximum absolute atomic E-state index is 6.52. The first-order chi connectivity index (χ1) is 9.72. The lowest BCUT2D eigenvalue weighted by molar-refractivity contribution is -0.105. The number of thiophene rings is 1. The van der Waals surface area contributed by atoms with E-state index in [-0.39, 0.29) is 11.6 Å². The first-order valence-corrected chi connectivity index (χ1v) is 9.36. The van der Waals surface area contributed by atoms with Crippen molar-refractivity contribution in [2.75, 3.05) is 25.2 Å². The Labute approximate surface area is 129 Å². The number of nitrogens with two attached hydrogens (primary N) is 1. The molecule has 3 nitrogen and oxygen atoms in total. The van der Waals surface area contributed by atoms with Gasteiger partial charge in [0, 0.05) is 22.9 Å². The third-order valence-corrected chi connectivity index (χ3v) is 6.60. The molecule has 1 spiro atoms. The fraction of sp³-hybridized carbons (Fsp3) is 0.733. The van der Waals surface area contributed by atoms with Crippen LogP contribution in [0.15, 0.2) is 11.4 Å². The molecule has 2 aliphatic rings. The minimum Gasteiger partial charge on any atom is -0.496 e. The molecule has 3 heterocycles. The molecule has 0 amide bonds. The van der Waals surface area contributed by atoms with E-state index in [1.165, 1.54) is 29.2 Å². The molecule has 3 rings (SSSR count). The Balaban J connectivity index is 1.69. The van der Waals surface area contributed by atoms with Crippen LogP contribution < -0.4 is 10.5 Å². The molecular weight excluding hydrogens is 290 g/mol. The highest BCUT2D eigenvalue weighted by Crippen LogP contribution is 2.44. The van der Waals surface area contributed by atoms with Gasteiger partial charge >= 0.3 is 0 Å². The summed E-state index contributed by atoms with van der Waals surface area (Å²) in [6, 6.07) is 2.22. The second kappa shape index (κ2) is 6.26. The van der Waals surface area contributed by atoms with Crippen LogP contribution in [0.1, 0.15) is 36.6 Å². The Morgan fingerprint density at radius 1 is 1.45 bits per heavy atom. The van der Waals surface area contributed by atoms with Gasteiger partial charge in [-0.05, 0) is 49.2 Å². The van der Waals surface area contributed by atoms with E-state index < -0.39 is 0 Å². The minimum absolute atomic E-state index is 0.118. The van der Waals surface area contributed by atoms with E-state index in [1.54, 1.807) is 18.4 Å². The normalized spacial score (nSPS) is 27.4. The topological polar surface area (TPSA) is 44.5 Å². The largest absolute Gasteiger partial charge is 0.496 e. The Bertz CT molecular complexity index is 437. The molecule has 2 aliphatic heterocycles. The van der Waals surface area contributed by atoms with E-state index in [1.807, 2.05) is 17.1 Å². The number of hydrogen-bond donors (Lipinski definition) is 1. The zero-order valence-corrected chi connectivity index (χ0v) is 13.6. The smallest absolute Gasteiger partial charge is 0.129 e. The van der Waals surface area contributed by atoms with E-state index in [4.69, 9.17) is 15.2 Å². The zero-order chi connectivity index (χ0) is 14.0. The molecule has 2 saturated heterocycles. The van der Waals surface area contributed by atoms with Gasteiger partial charge in [0.1, 0.15) is 5.75 Å². The van der Waals surface area contributed by atoms with E-state index in [0.29, 0.717) is 5.92 Å². The summed E-state index contributed by atoms with van der Waals surface area (Å²) in [7, 11) is 1.71. The summed E-state index contributed by atoms with van der Waals surface area (Å²) in [6.07, 6.45) is 4.58. The lowest BCUT2D eigenvalue weighted by atomic mass is 9.78. The monoisotopic (exact) mass is 313 g/mol. The van der Waals surface area contributed by atoms with Crippen molar-refractivity contribution >= 4 is 23.1 Å². The van der Waals surface area contributed by atoms with Gasteiger partial charge in [0.25, 0.3) is 0 Å². The summed E-state index contributed by atoms with van der Waals surface area (Å²) < 4.78 is 11.4. The number of thioether (sulfide) groups is 1. The molecule has 0 saturated carbocycles. The zero-order valence-electron chi connectivity index (χ0n) is 12.0. The lowest BCUT2D eigenvalue weighted by Crippen LogP contribution is -2.45. The van der Waals surface area contributed by atoms with Crippen molar-refractivity contribution in [3.63, 3.8) is 0 Å². The molecule has 5 heteroatoms. The molecule has 1 aromatic heterocycles. The van der Waals surface area contributed by atoms with Crippen molar-refractivity contribution in [3.05, 3.63) is 16.3 Å². The standard InChI is InChI=1S/C15H23NO2S2/c1-17-12-8-13(20-10-12)14(16)11-2-5-18-15(9-11)3-6-19-7-4-15/h8,10-11,14H,2-7,9,16H2,1H3. The number of hydrogen-bond acceptors (Lipinski definition) is 5. The molecule has 2 fully saturated rings. The van der Waals surface area contributed by atoms with Gasteiger partial charge in [-0.1, -0.05) is 0 Å². The van der Waals surface area contributed by atoms with Crippen LogP contribution in [0.2, 0.25) is 0 Å². The van der Waals surface area contributed by atoms with E-state index >= 15 is 0 Å². The van der Waals surface area contributed by atoms with Crippen LogP contribution >= 0.6 is 23.1 Å². The van der Waals surface area contributed by atoms with E-state index in [0.717, 1.165) is 25.2 Å². The van der Waals surface area contributed by atoms with Crippen molar-refractivity contribution in [1.82, 2.24) is 0 Å². The van der Waals surface area contributed by atoms with Crippen molar-refractivity contribution in [2.45, 2.75) is 37.3 Å². The molecule has 112 valence electrons. The second-order valence-electron chi connectivity index (χ2n) is 5.81. The molecular formula is C15H23NO2S2. The third-order valence-electron chi connectivity index (χ3n) is 4.60. The van der Waals surface area contributed by atoms with Crippen LogP contribution in [0.3, 0.4) is 0 Å². The van der Waals surface area contributed by atoms with Gasteiger partial charge < -0.3 is 15.2 Å². The minimum atomic E-state index is 0.118. The highest BCUT2D eigenvalue weighted by molar-refractivity contribution is 7.99. The summed E-state index contributed by atoms with van der Waals surface area (Å²) in [5, 5.41) is 2.04. The lowest BCUT2D eigenvalue weighted by Gasteiger charge is -2.44. The van der Waals surface area contributed by atoms with Gasteiger partial charge in [-0.3, -0.25) is 0 Å². The van der Waals surface area contributed by atoms with Gasteiger partial charge in [0.05, 0.1) is 12.7 Å². The summed E-state index contributed by atoms with van der Waals surface area (Å²) in [4.78, 5) is 1.24. The third kappa shape index (κ3) is 3.01. The average molecular weight is 313 g/mol. The molecule has 2 unspecified atom stereocenters. The SMILES string of the molecule is COc1csc(C(N)C2CCOC3(CCSCC3)C2)c1. The molecule has 2 N–H and O–H groups in total. The van der Waals surface area contributed by atoms with Crippen LogP contribution in [-0.2, 0) is 4.74 Å². The Hall–Kier alpha value is -0.230. The van der Waals surface area contributed by atoms with E-state index in [9.17, 15) is 0 Å². The van der Waals surface area contributed by atoms with Crippen LogP contribution in [0.4, 0.5) is 0 Å². The second-order valence-corrected chi connectivity index (χ2v) is 7.98. The molecule has 0 aromatic carbocycles. The first kappa shape index (κ1) is 14.7. The fourth-order valence-electron chi connectivity index (χ4n) is 3.31. The van der Waals surface area contributed by atoms with Crippen LogP contribution in [0.5, 0.6) is 5.75 Å². The van der Waals surface area contributed by atoms with E-state index in [2.05, 4.69) is 6.07 Å². The maximum atomic E-state index is 6.52. The van der Waals surface area contributed by atoms with Crippen LogP contribution in [0.25, 0.3) is 0 Å².